The van der Waals surface area contributed by atoms with Gasteiger partial charge in [0.2, 0.25) is 0 Å². The molecule has 0 saturated heterocycles. The first-order valence-corrected chi connectivity index (χ1v) is 9.99. The van der Waals surface area contributed by atoms with Gasteiger partial charge in [0.05, 0.1) is 23.9 Å². The molecule has 0 saturated carbocycles. The number of amidine groups is 1. The van der Waals surface area contributed by atoms with E-state index in [9.17, 15) is 23.2 Å². The highest BCUT2D eigenvalue weighted by Gasteiger charge is 2.44. The van der Waals surface area contributed by atoms with Gasteiger partial charge in [-0.2, -0.15) is 18.4 Å². The summed E-state index contributed by atoms with van der Waals surface area (Å²) in [4.78, 5) is 18.6. The SMILES string of the molecule is COC(=O)C1=C(C)N=C2SC(C#N)=C(N)N2[C@H]1c1ccc(-c2cccc(C(F)(F)F)c2)o1. The zero-order chi connectivity index (χ0) is 23.2. The Balaban J connectivity index is 1.82. The van der Waals surface area contributed by atoms with Crippen molar-refractivity contribution in [1.29, 1.82) is 5.26 Å². The average Bonchev–Trinajstić information content (AvgIpc) is 3.36. The van der Waals surface area contributed by atoms with E-state index >= 15 is 0 Å². The summed E-state index contributed by atoms with van der Waals surface area (Å²) in [6.07, 6.45) is -4.50. The minimum Gasteiger partial charge on any atom is -0.466 e. The molecule has 2 aromatic rings. The van der Waals surface area contributed by atoms with Gasteiger partial charge in [-0.1, -0.05) is 12.1 Å². The van der Waals surface area contributed by atoms with E-state index in [-0.39, 0.29) is 33.4 Å². The van der Waals surface area contributed by atoms with Gasteiger partial charge in [-0.3, -0.25) is 4.90 Å². The van der Waals surface area contributed by atoms with Crippen LogP contribution in [-0.2, 0) is 15.7 Å². The summed E-state index contributed by atoms with van der Waals surface area (Å²) >= 11 is 1.05. The third-order valence-electron chi connectivity index (χ3n) is 4.95. The molecule has 1 aromatic heterocycles. The van der Waals surface area contributed by atoms with Crippen molar-refractivity contribution in [3.63, 3.8) is 0 Å². The van der Waals surface area contributed by atoms with Crippen molar-refractivity contribution in [1.82, 2.24) is 4.90 Å². The standard InChI is InChI=1S/C21H15F3N4O3S/c1-10-16(19(29)30-2)17(28-18(26)15(9-25)32-20(28)27-10)14-7-6-13(31-14)11-4-3-5-12(8-11)21(22,23)24/h3-8,17H,26H2,1-2H3/t17-/m0/s1. The third kappa shape index (κ3) is 3.52. The molecule has 11 heteroatoms. The molecule has 7 nitrogen and oxygen atoms in total. The van der Waals surface area contributed by atoms with E-state index in [4.69, 9.17) is 14.9 Å². The molecule has 0 radical (unpaired) electrons. The lowest BCUT2D eigenvalue weighted by Crippen LogP contribution is -2.38. The molecular weight excluding hydrogens is 445 g/mol. The maximum atomic E-state index is 13.1. The first-order chi connectivity index (χ1) is 15.2. The van der Waals surface area contributed by atoms with Gasteiger partial charge in [0, 0.05) is 5.56 Å². The number of carbonyl (C=O) groups excluding carboxylic acids is 1. The molecule has 1 aromatic carbocycles. The Hall–Kier alpha value is -3.65. The Kier molecular flexibility index (Phi) is 5.26. The highest BCUT2D eigenvalue weighted by molar-refractivity contribution is 8.17. The predicted molar refractivity (Wildman–Crippen MR) is 110 cm³/mol. The Bertz CT molecular complexity index is 1250. The largest absolute Gasteiger partial charge is 0.466 e. The van der Waals surface area contributed by atoms with Crippen LogP contribution in [0.5, 0.6) is 0 Å². The fourth-order valence-electron chi connectivity index (χ4n) is 3.48. The number of halogens is 3. The van der Waals surface area contributed by atoms with Crippen LogP contribution in [0.25, 0.3) is 11.3 Å². The van der Waals surface area contributed by atoms with Crippen molar-refractivity contribution in [3.8, 4) is 17.4 Å². The molecule has 2 N–H and O–H groups in total. The van der Waals surface area contributed by atoms with Crippen molar-refractivity contribution in [2.24, 2.45) is 10.7 Å². The molecule has 0 fully saturated rings. The number of allylic oxidation sites excluding steroid dienone is 2. The number of nitrogens with zero attached hydrogens (tertiary/aromatic N) is 3. The Labute approximate surface area is 184 Å². The fourth-order valence-corrected chi connectivity index (χ4v) is 4.40. The molecule has 2 aliphatic rings. The summed E-state index contributed by atoms with van der Waals surface area (Å²) < 4.78 is 50.1. The van der Waals surface area contributed by atoms with Crippen molar-refractivity contribution in [3.05, 3.63) is 69.7 Å². The Morgan fingerprint density at radius 3 is 2.75 bits per heavy atom. The summed E-state index contributed by atoms with van der Waals surface area (Å²) in [5, 5.41) is 9.74. The first kappa shape index (κ1) is 21.6. The van der Waals surface area contributed by atoms with E-state index in [1.807, 2.05) is 6.07 Å². The van der Waals surface area contributed by atoms with Crippen molar-refractivity contribution < 1.29 is 27.1 Å². The van der Waals surface area contributed by atoms with E-state index in [1.54, 1.807) is 13.0 Å². The number of nitriles is 1. The quantitative estimate of drug-likeness (QED) is 0.672. The van der Waals surface area contributed by atoms with Crippen LogP contribution in [0.1, 0.15) is 24.3 Å². The number of alkyl halides is 3. The fraction of sp³-hybridized carbons (Fsp3) is 0.190. The lowest BCUT2D eigenvalue weighted by Gasteiger charge is -2.33. The second-order valence-electron chi connectivity index (χ2n) is 6.87. The predicted octanol–water partition coefficient (Wildman–Crippen LogP) is 4.52. The summed E-state index contributed by atoms with van der Waals surface area (Å²) in [5.74, 6) is -0.179. The number of aliphatic imine (C=N–C) groups is 1. The molecule has 0 amide bonds. The van der Waals surface area contributed by atoms with E-state index in [2.05, 4.69) is 4.99 Å². The number of carbonyl (C=O) groups is 1. The number of benzene rings is 1. The number of ether oxygens (including phenoxy) is 1. The Morgan fingerprint density at radius 2 is 2.09 bits per heavy atom. The van der Waals surface area contributed by atoms with Gasteiger partial charge < -0.3 is 14.9 Å². The number of methoxy groups -OCH3 is 1. The van der Waals surface area contributed by atoms with Crippen LogP contribution in [0.3, 0.4) is 0 Å². The maximum absolute atomic E-state index is 13.1. The van der Waals surface area contributed by atoms with Gasteiger partial charge in [-0.25, -0.2) is 9.79 Å². The number of furan rings is 1. The molecular formula is C21H15F3N4O3S. The van der Waals surface area contributed by atoms with Crippen molar-refractivity contribution in [2.75, 3.05) is 7.11 Å². The molecule has 4 rings (SSSR count). The lowest BCUT2D eigenvalue weighted by molar-refractivity contribution is -0.138. The van der Waals surface area contributed by atoms with Crippen LogP contribution in [0.2, 0.25) is 0 Å². The van der Waals surface area contributed by atoms with Gasteiger partial charge in [0.1, 0.15) is 34.4 Å². The second kappa shape index (κ2) is 7.80. The number of esters is 1. The Morgan fingerprint density at radius 1 is 1.34 bits per heavy atom. The number of hydrogen-bond donors (Lipinski definition) is 1. The monoisotopic (exact) mass is 460 g/mol. The number of rotatable bonds is 3. The van der Waals surface area contributed by atoms with Crippen molar-refractivity contribution >= 4 is 22.9 Å². The number of thioether (sulfide) groups is 1. The highest BCUT2D eigenvalue weighted by atomic mass is 32.2. The molecule has 2 aliphatic heterocycles. The van der Waals surface area contributed by atoms with Crippen LogP contribution < -0.4 is 5.73 Å². The van der Waals surface area contributed by atoms with Crippen molar-refractivity contribution in [2.45, 2.75) is 19.1 Å². The summed E-state index contributed by atoms with van der Waals surface area (Å²) in [6, 6.07) is 8.85. The van der Waals surface area contributed by atoms with Crippen LogP contribution in [0.15, 0.2) is 67.8 Å². The minimum atomic E-state index is -4.50. The van der Waals surface area contributed by atoms with E-state index in [0.717, 1.165) is 23.9 Å². The second-order valence-corrected chi connectivity index (χ2v) is 7.84. The molecule has 0 bridgehead atoms. The molecule has 3 heterocycles. The topological polar surface area (TPSA) is 105 Å². The van der Waals surface area contributed by atoms with Crippen LogP contribution in [0.4, 0.5) is 13.2 Å². The molecule has 0 aliphatic carbocycles. The highest BCUT2D eigenvalue weighted by Crippen LogP contribution is 2.46. The van der Waals surface area contributed by atoms with Gasteiger partial charge in [0.25, 0.3) is 0 Å². The van der Waals surface area contributed by atoms with Gasteiger partial charge in [-0.05, 0) is 43.0 Å². The molecule has 32 heavy (non-hydrogen) atoms. The summed E-state index contributed by atoms with van der Waals surface area (Å²) in [5.41, 5.74) is 6.04. The smallest absolute Gasteiger partial charge is 0.416 e. The van der Waals surface area contributed by atoms with E-state index < -0.39 is 23.8 Å². The van der Waals surface area contributed by atoms with Crippen LogP contribution in [-0.4, -0.2) is 23.1 Å². The molecule has 164 valence electrons. The van der Waals surface area contributed by atoms with Gasteiger partial charge in [0.15, 0.2) is 5.17 Å². The first-order valence-electron chi connectivity index (χ1n) is 9.17. The lowest BCUT2D eigenvalue weighted by atomic mass is 10.00. The van der Waals surface area contributed by atoms with Gasteiger partial charge >= 0.3 is 12.1 Å². The zero-order valence-corrected chi connectivity index (χ0v) is 17.5. The maximum Gasteiger partial charge on any atom is 0.416 e. The molecule has 1 atom stereocenters. The summed E-state index contributed by atoms with van der Waals surface area (Å²) in [6.45, 7) is 1.61. The summed E-state index contributed by atoms with van der Waals surface area (Å²) in [7, 11) is 1.22. The number of nitrogens with two attached hydrogens (primary N) is 1. The third-order valence-corrected chi connectivity index (χ3v) is 5.93. The minimum absolute atomic E-state index is 0.0900. The van der Waals surface area contributed by atoms with E-state index in [0.29, 0.717) is 10.9 Å². The molecule has 0 unspecified atom stereocenters. The average molecular weight is 460 g/mol. The van der Waals surface area contributed by atoms with Crippen LogP contribution >= 0.6 is 11.8 Å². The zero-order valence-electron chi connectivity index (χ0n) is 16.7. The van der Waals surface area contributed by atoms with Gasteiger partial charge in [-0.15, -0.1) is 0 Å². The number of hydrogen-bond acceptors (Lipinski definition) is 8. The normalized spacial score (nSPS) is 18.4. The number of fused-ring (bicyclic) bond motifs is 1. The molecule has 0 spiro atoms. The van der Waals surface area contributed by atoms with Crippen LogP contribution in [0, 0.1) is 11.3 Å². The van der Waals surface area contributed by atoms with E-state index in [1.165, 1.54) is 30.2 Å².